The molecule has 2 nitrogen and oxygen atoms in total. The Morgan fingerprint density at radius 1 is 1.16 bits per heavy atom. The molecule has 1 aromatic carbocycles. The zero-order valence-electron chi connectivity index (χ0n) is 11.4. The highest BCUT2D eigenvalue weighted by Gasteiger charge is 2.01. The molecule has 0 saturated heterocycles. The number of hydrogen-bond donors (Lipinski definition) is 1. The summed E-state index contributed by atoms with van der Waals surface area (Å²) in [5, 5.41) is 7.85. The van der Waals surface area contributed by atoms with E-state index in [0.717, 1.165) is 26.1 Å². The van der Waals surface area contributed by atoms with Crippen molar-refractivity contribution in [2.24, 2.45) is 0 Å². The Bertz CT molecular complexity index is 467. The van der Waals surface area contributed by atoms with E-state index in [1.165, 1.54) is 16.7 Å². The van der Waals surface area contributed by atoms with Crippen molar-refractivity contribution in [1.29, 1.82) is 0 Å². The van der Waals surface area contributed by atoms with E-state index in [-0.39, 0.29) is 0 Å². The summed E-state index contributed by atoms with van der Waals surface area (Å²) < 4.78 is 5.50. The Morgan fingerprint density at radius 3 is 2.74 bits per heavy atom. The fraction of sp³-hybridized carbons (Fsp3) is 0.375. The summed E-state index contributed by atoms with van der Waals surface area (Å²) in [6.07, 6.45) is 1.09. The van der Waals surface area contributed by atoms with Crippen molar-refractivity contribution in [2.75, 3.05) is 13.2 Å². The molecule has 0 aliphatic heterocycles. The minimum Gasteiger partial charge on any atom is -0.377 e. The van der Waals surface area contributed by atoms with Gasteiger partial charge in [0.05, 0.1) is 6.61 Å². The normalized spacial score (nSPS) is 10.8. The van der Waals surface area contributed by atoms with E-state index < -0.39 is 0 Å². The molecule has 2 rings (SSSR count). The molecular formula is C16H21NOS. The first kappa shape index (κ1) is 14.3. The SMILES string of the molecule is CCOCc1ccccc1CNCCc1ccsc1. The zero-order valence-corrected chi connectivity index (χ0v) is 12.2. The van der Waals surface area contributed by atoms with Gasteiger partial charge in [-0.3, -0.25) is 0 Å². The molecule has 0 aliphatic carbocycles. The lowest BCUT2D eigenvalue weighted by Gasteiger charge is -2.10. The van der Waals surface area contributed by atoms with Crippen molar-refractivity contribution in [3.05, 3.63) is 57.8 Å². The summed E-state index contributed by atoms with van der Waals surface area (Å²) in [6, 6.07) is 10.7. The van der Waals surface area contributed by atoms with E-state index in [4.69, 9.17) is 4.74 Å². The van der Waals surface area contributed by atoms with Crippen LogP contribution in [0.4, 0.5) is 0 Å². The summed E-state index contributed by atoms with van der Waals surface area (Å²) in [7, 11) is 0. The minimum atomic E-state index is 0.707. The molecule has 2 aromatic rings. The Labute approximate surface area is 119 Å². The lowest BCUT2D eigenvalue weighted by molar-refractivity contribution is 0.133. The number of rotatable bonds is 8. The van der Waals surface area contributed by atoms with Gasteiger partial charge < -0.3 is 10.1 Å². The van der Waals surface area contributed by atoms with Crippen molar-refractivity contribution in [2.45, 2.75) is 26.5 Å². The van der Waals surface area contributed by atoms with Crippen LogP contribution in [0.15, 0.2) is 41.1 Å². The lowest BCUT2D eigenvalue weighted by atomic mass is 10.1. The van der Waals surface area contributed by atoms with Gasteiger partial charge in [-0.15, -0.1) is 0 Å². The van der Waals surface area contributed by atoms with E-state index in [1.54, 1.807) is 11.3 Å². The molecule has 0 bridgehead atoms. The predicted molar refractivity (Wildman–Crippen MR) is 81.5 cm³/mol. The summed E-state index contributed by atoms with van der Waals surface area (Å²) in [4.78, 5) is 0. The summed E-state index contributed by atoms with van der Waals surface area (Å²) >= 11 is 1.76. The zero-order chi connectivity index (χ0) is 13.3. The van der Waals surface area contributed by atoms with Gasteiger partial charge in [-0.2, -0.15) is 11.3 Å². The van der Waals surface area contributed by atoms with Gasteiger partial charge in [0.15, 0.2) is 0 Å². The third-order valence-electron chi connectivity index (χ3n) is 3.07. The monoisotopic (exact) mass is 275 g/mol. The van der Waals surface area contributed by atoms with Gasteiger partial charge in [-0.05, 0) is 53.4 Å². The number of thiophene rings is 1. The highest BCUT2D eigenvalue weighted by atomic mass is 32.1. The van der Waals surface area contributed by atoms with Crippen LogP contribution in [0.5, 0.6) is 0 Å². The molecule has 1 aromatic heterocycles. The van der Waals surface area contributed by atoms with E-state index in [0.29, 0.717) is 6.61 Å². The second-order valence-corrected chi connectivity index (χ2v) is 5.24. The van der Waals surface area contributed by atoms with Crippen molar-refractivity contribution >= 4 is 11.3 Å². The van der Waals surface area contributed by atoms with Gasteiger partial charge >= 0.3 is 0 Å². The molecule has 0 spiro atoms. The van der Waals surface area contributed by atoms with Crippen molar-refractivity contribution in [3.8, 4) is 0 Å². The van der Waals surface area contributed by atoms with Crippen molar-refractivity contribution < 1.29 is 4.74 Å². The molecule has 0 unspecified atom stereocenters. The quantitative estimate of drug-likeness (QED) is 0.743. The third kappa shape index (κ3) is 4.78. The van der Waals surface area contributed by atoms with E-state index in [1.807, 2.05) is 6.92 Å². The van der Waals surface area contributed by atoms with Crippen LogP contribution in [0.1, 0.15) is 23.6 Å². The smallest absolute Gasteiger partial charge is 0.0719 e. The number of nitrogens with one attached hydrogen (secondary N) is 1. The first-order valence-corrected chi connectivity index (χ1v) is 7.70. The number of ether oxygens (including phenoxy) is 1. The molecule has 0 saturated carbocycles. The summed E-state index contributed by atoms with van der Waals surface area (Å²) in [6.45, 7) is 5.42. The summed E-state index contributed by atoms with van der Waals surface area (Å²) in [5.41, 5.74) is 4.04. The van der Waals surface area contributed by atoms with Crippen LogP contribution in [0.3, 0.4) is 0 Å². The average Bonchev–Trinajstić information content (AvgIpc) is 2.95. The fourth-order valence-electron chi connectivity index (χ4n) is 1.97. The molecular weight excluding hydrogens is 254 g/mol. The van der Waals surface area contributed by atoms with Crippen LogP contribution >= 0.6 is 11.3 Å². The molecule has 0 amide bonds. The van der Waals surface area contributed by atoms with Crippen LogP contribution in [0, 0.1) is 0 Å². The van der Waals surface area contributed by atoms with Gasteiger partial charge in [0.25, 0.3) is 0 Å². The van der Waals surface area contributed by atoms with Crippen molar-refractivity contribution in [3.63, 3.8) is 0 Å². The molecule has 1 heterocycles. The molecule has 0 aliphatic rings. The number of benzene rings is 1. The second-order valence-electron chi connectivity index (χ2n) is 4.46. The maximum atomic E-state index is 5.50. The van der Waals surface area contributed by atoms with Crippen LogP contribution in [0.2, 0.25) is 0 Å². The lowest BCUT2D eigenvalue weighted by Crippen LogP contribution is -2.17. The highest BCUT2D eigenvalue weighted by molar-refractivity contribution is 7.07. The number of hydrogen-bond acceptors (Lipinski definition) is 3. The van der Waals surface area contributed by atoms with Crippen LogP contribution in [0.25, 0.3) is 0 Å². The minimum absolute atomic E-state index is 0.707. The topological polar surface area (TPSA) is 21.3 Å². The van der Waals surface area contributed by atoms with Crippen LogP contribution in [-0.4, -0.2) is 13.2 Å². The van der Waals surface area contributed by atoms with Gasteiger partial charge in [-0.25, -0.2) is 0 Å². The average molecular weight is 275 g/mol. The Morgan fingerprint density at radius 2 is 2.00 bits per heavy atom. The fourth-order valence-corrected chi connectivity index (χ4v) is 2.68. The third-order valence-corrected chi connectivity index (χ3v) is 3.80. The predicted octanol–water partition coefficient (Wildman–Crippen LogP) is 3.62. The Balaban J connectivity index is 1.78. The largest absolute Gasteiger partial charge is 0.377 e. The molecule has 1 N–H and O–H groups in total. The molecule has 0 radical (unpaired) electrons. The maximum absolute atomic E-state index is 5.50. The van der Waals surface area contributed by atoms with E-state index >= 15 is 0 Å². The Hall–Kier alpha value is -1.16. The molecule has 0 fully saturated rings. The van der Waals surface area contributed by atoms with Gasteiger partial charge in [0, 0.05) is 13.2 Å². The highest BCUT2D eigenvalue weighted by Crippen LogP contribution is 2.10. The second kappa shape index (κ2) is 8.10. The summed E-state index contributed by atoms with van der Waals surface area (Å²) in [5.74, 6) is 0. The van der Waals surface area contributed by atoms with Gasteiger partial charge in [0.1, 0.15) is 0 Å². The van der Waals surface area contributed by atoms with E-state index in [2.05, 4.69) is 46.4 Å². The molecule has 0 atom stereocenters. The maximum Gasteiger partial charge on any atom is 0.0719 e. The van der Waals surface area contributed by atoms with Crippen molar-refractivity contribution in [1.82, 2.24) is 5.32 Å². The van der Waals surface area contributed by atoms with Crippen LogP contribution < -0.4 is 5.32 Å². The van der Waals surface area contributed by atoms with E-state index in [9.17, 15) is 0 Å². The molecule has 102 valence electrons. The first-order chi connectivity index (χ1) is 9.40. The Kier molecular flexibility index (Phi) is 6.08. The molecule has 19 heavy (non-hydrogen) atoms. The van der Waals surface area contributed by atoms with Crippen LogP contribution in [-0.2, 0) is 24.3 Å². The first-order valence-electron chi connectivity index (χ1n) is 6.76. The van der Waals surface area contributed by atoms with Gasteiger partial charge in [0.2, 0.25) is 0 Å². The molecule has 3 heteroatoms. The van der Waals surface area contributed by atoms with Gasteiger partial charge in [-0.1, -0.05) is 24.3 Å². The standard InChI is InChI=1S/C16H21NOS/c1-2-18-12-16-6-4-3-5-15(16)11-17-9-7-14-8-10-19-13-14/h3-6,8,10,13,17H,2,7,9,11-12H2,1H3.